The number of carbonyl (C=O) groups excluding carboxylic acids is 1. The molecule has 1 aliphatic heterocycles. The molecule has 0 saturated heterocycles. The zero-order chi connectivity index (χ0) is 14.5. The lowest BCUT2D eigenvalue weighted by Crippen LogP contribution is -2.30. The third-order valence-corrected chi connectivity index (χ3v) is 4.15. The maximum absolute atomic E-state index is 11.7. The smallest absolute Gasteiger partial charge is 0.246 e. The highest BCUT2D eigenvalue weighted by molar-refractivity contribution is 5.87. The van der Waals surface area contributed by atoms with Crippen molar-refractivity contribution in [3.05, 3.63) is 12.2 Å². The normalized spacial score (nSPS) is 15.7. The monoisotopic (exact) mass is 279 g/mol. The van der Waals surface area contributed by atoms with E-state index in [0.29, 0.717) is 0 Å². The quantitative estimate of drug-likeness (QED) is 0.483. The Kier molecular flexibility index (Phi) is 10.3. The standard InChI is InChI=1S/C18H33NO/c1-2-3-4-5-6-7-8-9-10-13-16-19-17-14-11-12-15-18(19)20/h12,15H,2-11,13-14,16-17H2,1H3. The van der Waals surface area contributed by atoms with Crippen LogP contribution in [-0.2, 0) is 4.79 Å². The number of amides is 1. The second-order valence-electron chi connectivity index (χ2n) is 6.05. The molecule has 116 valence electrons. The molecule has 0 bridgehead atoms. The average molecular weight is 279 g/mol. The van der Waals surface area contributed by atoms with Crippen LogP contribution in [0.3, 0.4) is 0 Å². The van der Waals surface area contributed by atoms with E-state index in [9.17, 15) is 4.79 Å². The number of hydrogen-bond donors (Lipinski definition) is 0. The molecule has 0 aromatic rings. The van der Waals surface area contributed by atoms with Gasteiger partial charge < -0.3 is 4.90 Å². The number of hydrogen-bond acceptors (Lipinski definition) is 1. The van der Waals surface area contributed by atoms with Gasteiger partial charge in [-0.3, -0.25) is 4.79 Å². The van der Waals surface area contributed by atoms with Crippen molar-refractivity contribution in [3.8, 4) is 0 Å². The van der Waals surface area contributed by atoms with E-state index in [4.69, 9.17) is 0 Å². The Hall–Kier alpha value is -0.790. The zero-order valence-electron chi connectivity index (χ0n) is 13.4. The Bertz CT molecular complexity index is 273. The first kappa shape index (κ1) is 17.3. The number of allylic oxidation sites excluding steroid dienone is 1. The zero-order valence-corrected chi connectivity index (χ0v) is 13.4. The molecular weight excluding hydrogens is 246 g/mol. The van der Waals surface area contributed by atoms with Gasteiger partial charge in [-0.2, -0.15) is 0 Å². The fourth-order valence-electron chi connectivity index (χ4n) is 2.81. The minimum absolute atomic E-state index is 0.221. The van der Waals surface area contributed by atoms with Crippen molar-refractivity contribution in [2.45, 2.75) is 84.0 Å². The Morgan fingerprint density at radius 1 is 0.950 bits per heavy atom. The molecule has 0 radical (unpaired) electrons. The first-order chi connectivity index (χ1) is 9.84. The lowest BCUT2D eigenvalue weighted by Gasteiger charge is -2.19. The largest absolute Gasteiger partial charge is 0.339 e. The van der Waals surface area contributed by atoms with Crippen molar-refractivity contribution < 1.29 is 4.79 Å². The summed E-state index contributed by atoms with van der Waals surface area (Å²) >= 11 is 0. The highest BCUT2D eigenvalue weighted by Crippen LogP contribution is 2.11. The highest BCUT2D eigenvalue weighted by Gasteiger charge is 2.11. The Balaban J connectivity index is 1.89. The van der Waals surface area contributed by atoms with E-state index in [2.05, 4.69) is 6.92 Å². The van der Waals surface area contributed by atoms with Gasteiger partial charge >= 0.3 is 0 Å². The predicted octanol–water partition coefficient (Wildman–Crippen LogP) is 5.09. The summed E-state index contributed by atoms with van der Waals surface area (Å²) < 4.78 is 0. The molecule has 1 aliphatic rings. The molecule has 0 aliphatic carbocycles. The number of rotatable bonds is 11. The SMILES string of the molecule is CCCCCCCCCCCCN1CCCC=CC1=O. The van der Waals surface area contributed by atoms with Crippen LogP contribution >= 0.6 is 0 Å². The van der Waals surface area contributed by atoms with Crippen molar-refractivity contribution in [1.29, 1.82) is 0 Å². The molecule has 0 N–H and O–H groups in total. The summed E-state index contributed by atoms with van der Waals surface area (Å²) in [6.45, 7) is 4.17. The van der Waals surface area contributed by atoms with Gasteiger partial charge in [0, 0.05) is 13.1 Å². The molecule has 0 fully saturated rings. The maximum Gasteiger partial charge on any atom is 0.246 e. The van der Waals surface area contributed by atoms with E-state index >= 15 is 0 Å². The fraction of sp³-hybridized carbons (Fsp3) is 0.833. The van der Waals surface area contributed by atoms with Gasteiger partial charge in [-0.15, -0.1) is 0 Å². The molecule has 20 heavy (non-hydrogen) atoms. The number of unbranched alkanes of at least 4 members (excludes halogenated alkanes) is 9. The van der Waals surface area contributed by atoms with Crippen LogP contribution < -0.4 is 0 Å². The van der Waals surface area contributed by atoms with Gasteiger partial charge in [-0.1, -0.05) is 70.8 Å². The van der Waals surface area contributed by atoms with E-state index in [1.165, 1.54) is 64.2 Å². The van der Waals surface area contributed by atoms with Crippen molar-refractivity contribution in [2.24, 2.45) is 0 Å². The Morgan fingerprint density at radius 2 is 1.55 bits per heavy atom. The summed E-state index contributed by atoms with van der Waals surface area (Å²) in [4.78, 5) is 13.8. The molecule has 0 spiro atoms. The van der Waals surface area contributed by atoms with E-state index in [0.717, 1.165) is 25.9 Å². The molecule has 1 amide bonds. The predicted molar refractivity (Wildman–Crippen MR) is 86.8 cm³/mol. The van der Waals surface area contributed by atoms with Crippen molar-refractivity contribution >= 4 is 5.91 Å². The molecular formula is C18H33NO. The first-order valence-corrected chi connectivity index (χ1v) is 8.80. The third-order valence-electron chi connectivity index (χ3n) is 4.15. The topological polar surface area (TPSA) is 20.3 Å². The van der Waals surface area contributed by atoms with Crippen LogP contribution in [0.4, 0.5) is 0 Å². The van der Waals surface area contributed by atoms with Crippen LogP contribution in [0.25, 0.3) is 0 Å². The average Bonchev–Trinajstić information content (AvgIpc) is 2.66. The summed E-state index contributed by atoms with van der Waals surface area (Å²) in [5, 5.41) is 0. The van der Waals surface area contributed by atoms with Crippen LogP contribution in [0.2, 0.25) is 0 Å². The molecule has 0 unspecified atom stereocenters. The lowest BCUT2D eigenvalue weighted by molar-refractivity contribution is -0.126. The molecule has 0 saturated carbocycles. The minimum atomic E-state index is 0.221. The number of carbonyl (C=O) groups is 1. The van der Waals surface area contributed by atoms with Crippen molar-refractivity contribution in [1.82, 2.24) is 4.90 Å². The summed E-state index contributed by atoms with van der Waals surface area (Å²) in [7, 11) is 0. The summed E-state index contributed by atoms with van der Waals surface area (Å²) in [5.41, 5.74) is 0. The molecule has 1 rings (SSSR count). The second-order valence-corrected chi connectivity index (χ2v) is 6.05. The lowest BCUT2D eigenvalue weighted by atomic mass is 10.1. The fourth-order valence-corrected chi connectivity index (χ4v) is 2.81. The van der Waals surface area contributed by atoms with Crippen molar-refractivity contribution in [2.75, 3.05) is 13.1 Å². The van der Waals surface area contributed by atoms with E-state index in [1.54, 1.807) is 6.08 Å². The van der Waals surface area contributed by atoms with E-state index in [-0.39, 0.29) is 5.91 Å². The molecule has 2 nitrogen and oxygen atoms in total. The van der Waals surface area contributed by atoms with Gasteiger partial charge in [-0.05, 0) is 25.3 Å². The van der Waals surface area contributed by atoms with Gasteiger partial charge in [0.05, 0.1) is 0 Å². The summed E-state index contributed by atoms with van der Waals surface area (Å²) in [6, 6.07) is 0. The van der Waals surface area contributed by atoms with Crippen LogP contribution in [0, 0.1) is 0 Å². The van der Waals surface area contributed by atoms with Gasteiger partial charge in [0.1, 0.15) is 0 Å². The first-order valence-electron chi connectivity index (χ1n) is 8.80. The van der Waals surface area contributed by atoms with E-state index in [1.807, 2.05) is 11.0 Å². The highest BCUT2D eigenvalue weighted by atomic mass is 16.2. The van der Waals surface area contributed by atoms with Gasteiger partial charge in [-0.25, -0.2) is 0 Å². The van der Waals surface area contributed by atoms with Gasteiger partial charge in [0.15, 0.2) is 0 Å². The molecule has 0 aromatic heterocycles. The van der Waals surface area contributed by atoms with Gasteiger partial charge in [0.25, 0.3) is 0 Å². The van der Waals surface area contributed by atoms with Crippen LogP contribution in [0.1, 0.15) is 84.0 Å². The molecule has 2 heteroatoms. The van der Waals surface area contributed by atoms with Crippen LogP contribution in [-0.4, -0.2) is 23.9 Å². The van der Waals surface area contributed by atoms with Crippen LogP contribution in [0.5, 0.6) is 0 Å². The molecule has 0 aromatic carbocycles. The second kappa shape index (κ2) is 12.0. The summed E-state index contributed by atoms with van der Waals surface area (Å²) in [5.74, 6) is 0.221. The van der Waals surface area contributed by atoms with Crippen LogP contribution in [0.15, 0.2) is 12.2 Å². The Labute approximate surface area is 125 Å². The summed E-state index contributed by atoms with van der Waals surface area (Å²) in [6.07, 6.45) is 19.5. The minimum Gasteiger partial charge on any atom is -0.339 e. The third kappa shape index (κ3) is 8.39. The molecule has 1 heterocycles. The number of nitrogens with zero attached hydrogens (tertiary/aromatic N) is 1. The van der Waals surface area contributed by atoms with E-state index < -0.39 is 0 Å². The maximum atomic E-state index is 11.7. The Morgan fingerprint density at radius 3 is 2.20 bits per heavy atom. The molecule has 0 atom stereocenters. The van der Waals surface area contributed by atoms with Crippen molar-refractivity contribution in [3.63, 3.8) is 0 Å². The van der Waals surface area contributed by atoms with Gasteiger partial charge in [0.2, 0.25) is 5.91 Å².